The fourth-order valence-electron chi connectivity index (χ4n) is 7.28. The molecule has 1 spiro atoms. The average molecular weight is 454 g/mol. The number of carbonyl (C=O) groups is 1. The Morgan fingerprint density at radius 3 is 2.18 bits per heavy atom. The number of aliphatic hydroxyl groups is 1. The second-order valence-corrected chi connectivity index (χ2v) is 11.8. The standard InChI is InChI=1S/C28H43N3O2/c1-29(2)28(24-12-7-4-8-13-24)18-16-26(17-19-28)21-30(20-23-10-5-3-6-11-23)25(32)31(26)22-27(33)14-9-15-27/h4,7-8,12-13,23,33H,3,5-6,9-11,14-22H2,1-2H3/t26-,28+. The van der Waals surface area contributed by atoms with Crippen molar-refractivity contribution in [1.82, 2.24) is 14.7 Å². The number of amides is 2. The van der Waals surface area contributed by atoms with Crippen molar-refractivity contribution in [2.75, 3.05) is 33.7 Å². The van der Waals surface area contributed by atoms with Crippen LogP contribution < -0.4 is 0 Å². The summed E-state index contributed by atoms with van der Waals surface area (Å²) in [4.78, 5) is 20.5. The summed E-state index contributed by atoms with van der Waals surface area (Å²) in [5, 5.41) is 11.1. The SMILES string of the molecule is CN(C)[C@]1(c2ccccc2)CC[C@]2(CC1)CN(CC1CCCCC1)C(=O)N2CC1(O)CCC1. The average Bonchev–Trinajstić information content (AvgIpc) is 3.05. The summed E-state index contributed by atoms with van der Waals surface area (Å²) in [6, 6.07) is 11.1. The minimum atomic E-state index is -0.668. The van der Waals surface area contributed by atoms with Gasteiger partial charge in [-0.2, -0.15) is 0 Å². The first-order valence-electron chi connectivity index (χ1n) is 13.4. The van der Waals surface area contributed by atoms with E-state index in [0.717, 1.165) is 58.0 Å². The molecule has 1 aromatic rings. The quantitative estimate of drug-likeness (QED) is 0.660. The second-order valence-electron chi connectivity index (χ2n) is 11.8. The summed E-state index contributed by atoms with van der Waals surface area (Å²) in [5.74, 6) is 0.653. The van der Waals surface area contributed by atoms with Crippen molar-refractivity contribution in [2.45, 2.75) is 93.7 Å². The summed E-state index contributed by atoms with van der Waals surface area (Å²) in [6.45, 7) is 2.27. The van der Waals surface area contributed by atoms with Crippen LogP contribution in [0.5, 0.6) is 0 Å². The molecule has 3 aliphatic carbocycles. The van der Waals surface area contributed by atoms with Crippen LogP contribution in [0.15, 0.2) is 30.3 Å². The van der Waals surface area contributed by atoms with Gasteiger partial charge < -0.3 is 14.9 Å². The molecule has 0 atom stereocenters. The molecule has 0 unspecified atom stereocenters. The molecule has 5 rings (SSSR count). The van der Waals surface area contributed by atoms with Crippen molar-refractivity contribution >= 4 is 6.03 Å². The van der Waals surface area contributed by atoms with Crippen molar-refractivity contribution in [3.63, 3.8) is 0 Å². The van der Waals surface area contributed by atoms with Gasteiger partial charge in [-0.05, 0) is 83.4 Å². The Labute approximate surface area is 200 Å². The van der Waals surface area contributed by atoms with Gasteiger partial charge in [-0.25, -0.2) is 4.79 Å². The smallest absolute Gasteiger partial charge is 0.320 e. The van der Waals surface area contributed by atoms with Gasteiger partial charge in [-0.15, -0.1) is 0 Å². The normalized spacial score (nSPS) is 32.5. The first kappa shape index (κ1) is 23.2. The third kappa shape index (κ3) is 4.20. The molecule has 182 valence electrons. The largest absolute Gasteiger partial charge is 0.388 e. The highest BCUT2D eigenvalue weighted by Gasteiger charge is 2.56. The van der Waals surface area contributed by atoms with E-state index in [4.69, 9.17) is 0 Å². The first-order valence-corrected chi connectivity index (χ1v) is 13.4. The van der Waals surface area contributed by atoms with Crippen LogP contribution in [0.4, 0.5) is 4.79 Å². The van der Waals surface area contributed by atoms with Crippen molar-refractivity contribution in [2.24, 2.45) is 5.92 Å². The maximum absolute atomic E-state index is 13.8. The van der Waals surface area contributed by atoms with Crippen LogP contribution in [0.2, 0.25) is 0 Å². The van der Waals surface area contributed by atoms with Crippen LogP contribution in [0.3, 0.4) is 0 Å². The van der Waals surface area contributed by atoms with Gasteiger partial charge in [0, 0.05) is 18.6 Å². The molecule has 0 radical (unpaired) electrons. The topological polar surface area (TPSA) is 47.0 Å². The van der Waals surface area contributed by atoms with Gasteiger partial charge in [0.1, 0.15) is 0 Å². The third-order valence-electron chi connectivity index (χ3n) is 9.67. The molecule has 1 heterocycles. The number of hydrogen-bond acceptors (Lipinski definition) is 3. The molecule has 1 aromatic carbocycles. The van der Waals surface area contributed by atoms with E-state index in [-0.39, 0.29) is 17.1 Å². The van der Waals surface area contributed by atoms with Gasteiger partial charge in [0.2, 0.25) is 0 Å². The monoisotopic (exact) mass is 453 g/mol. The fourth-order valence-corrected chi connectivity index (χ4v) is 7.28. The summed E-state index contributed by atoms with van der Waals surface area (Å²) >= 11 is 0. The minimum Gasteiger partial charge on any atom is -0.388 e. The maximum atomic E-state index is 13.8. The molecule has 0 aromatic heterocycles. The van der Waals surface area contributed by atoms with Crippen LogP contribution in [0, 0.1) is 5.92 Å². The summed E-state index contributed by atoms with van der Waals surface area (Å²) in [7, 11) is 4.41. The van der Waals surface area contributed by atoms with Gasteiger partial charge in [-0.1, -0.05) is 49.6 Å². The predicted molar refractivity (Wildman–Crippen MR) is 132 cm³/mol. The molecule has 3 saturated carbocycles. The van der Waals surface area contributed by atoms with Crippen molar-refractivity contribution in [1.29, 1.82) is 0 Å². The Morgan fingerprint density at radius 1 is 0.939 bits per heavy atom. The zero-order valence-electron chi connectivity index (χ0n) is 20.8. The van der Waals surface area contributed by atoms with Gasteiger partial charge in [0.15, 0.2) is 0 Å². The highest BCUT2D eigenvalue weighted by Crippen LogP contribution is 2.50. The van der Waals surface area contributed by atoms with Crippen LogP contribution >= 0.6 is 0 Å². The summed E-state index contributed by atoms with van der Waals surface area (Å²) < 4.78 is 0. The first-order chi connectivity index (χ1) is 15.9. The van der Waals surface area contributed by atoms with E-state index in [2.05, 4.69) is 59.1 Å². The molecule has 33 heavy (non-hydrogen) atoms. The lowest BCUT2D eigenvalue weighted by Crippen LogP contribution is -2.59. The van der Waals surface area contributed by atoms with E-state index in [1.54, 1.807) is 0 Å². The van der Waals surface area contributed by atoms with E-state index in [0.29, 0.717) is 12.5 Å². The molecule has 0 bridgehead atoms. The Kier molecular flexibility index (Phi) is 6.24. The van der Waals surface area contributed by atoms with E-state index in [1.165, 1.54) is 37.7 Å². The fraction of sp³-hybridized carbons (Fsp3) is 0.750. The molecular weight excluding hydrogens is 410 g/mol. The number of nitrogens with zero attached hydrogens (tertiary/aromatic N) is 3. The molecule has 4 fully saturated rings. The number of hydrogen-bond donors (Lipinski definition) is 1. The molecule has 2 amide bonds. The number of benzene rings is 1. The van der Waals surface area contributed by atoms with Gasteiger partial charge in [0.05, 0.1) is 17.7 Å². The number of rotatable bonds is 6. The number of urea groups is 1. The van der Waals surface area contributed by atoms with Gasteiger partial charge in [-0.3, -0.25) is 4.90 Å². The van der Waals surface area contributed by atoms with E-state index in [9.17, 15) is 9.90 Å². The van der Waals surface area contributed by atoms with E-state index < -0.39 is 5.60 Å². The lowest BCUT2D eigenvalue weighted by molar-refractivity contribution is -0.0725. The Morgan fingerprint density at radius 2 is 1.61 bits per heavy atom. The molecule has 1 saturated heterocycles. The molecule has 1 N–H and O–H groups in total. The van der Waals surface area contributed by atoms with Crippen LogP contribution in [0.25, 0.3) is 0 Å². The lowest BCUT2D eigenvalue weighted by atomic mass is 9.67. The lowest BCUT2D eigenvalue weighted by Gasteiger charge is -2.52. The van der Waals surface area contributed by atoms with E-state index in [1.807, 2.05) is 0 Å². The van der Waals surface area contributed by atoms with Crippen molar-refractivity contribution in [3.05, 3.63) is 35.9 Å². The molecular formula is C28H43N3O2. The van der Waals surface area contributed by atoms with Crippen LogP contribution in [0.1, 0.15) is 82.6 Å². The molecule has 5 heteroatoms. The Balaban J connectivity index is 1.38. The summed E-state index contributed by atoms with van der Waals surface area (Å²) in [6.07, 6.45) is 13.3. The van der Waals surface area contributed by atoms with Crippen molar-refractivity contribution < 1.29 is 9.90 Å². The number of β-amino-alcohol motifs (C(OH)–C–C–N with tert-alkyl or cyclic N) is 1. The predicted octanol–water partition coefficient (Wildman–Crippen LogP) is 4.99. The Hall–Kier alpha value is -1.59. The highest BCUT2D eigenvalue weighted by atomic mass is 16.3. The van der Waals surface area contributed by atoms with Crippen LogP contribution in [-0.2, 0) is 5.54 Å². The third-order valence-corrected chi connectivity index (χ3v) is 9.67. The zero-order valence-corrected chi connectivity index (χ0v) is 20.8. The zero-order chi connectivity index (χ0) is 23.1. The van der Waals surface area contributed by atoms with Crippen LogP contribution in [-0.4, -0.2) is 70.7 Å². The molecule has 1 aliphatic heterocycles. The summed E-state index contributed by atoms with van der Waals surface area (Å²) in [5.41, 5.74) is 0.605. The van der Waals surface area contributed by atoms with Crippen molar-refractivity contribution in [3.8, 4) is 0 Å². The highest BCUT2D eigenvalue weighted by molar-refractivity contribution is 5.78. The Bertz CT molecular complexity index is 821. The minimum absolute atomic E-state index is 0.0192. The van der Waals surface area contributed by atoms with Gasteiger partial charge >= 0.3 is 6.03 Å². The van der Waals surface area contributed by atoms with Gasteiger partial charge in [0.25, 0.3) is 0 Å². The second kappa shape index (κ2) is 8.88. The maximum Gasteiger partial charge on any atom is 0.320 e. The molecule has 4 aliphatic rings. The molecule has 5 nitrogen and oxygen atoms in total. The number of carbonyl (C=O) groups excluding carboxylic acids is 1. The van der Waals surface area contributed by atoms with E-state index >= 15 is 0 Å².